The number of aryl methyl sites for hydroxylation is 1. The number of carbonyl (C=O) groups is 1. The fraction of sp³-hybridized carbons (Fsp3) is 0.143. The lowest BCUT2D eigenvalue weighted by Gasteiger charge is -2.06. The first kappa shape index (κ1) is 14.2. The quantitative estimate of drug-likeness (QED) is 0.833. The number of hydrogen-bond donors (Lipinski definition) is 2. The second-order valence-corrected chi connectivity index (χ2v) is 4.92. The minimum absolute atomic E-state index is 0.304. The van der Waals surface area contributed by atoms with Crippen molar-refractivity contribution in [1.82, 2.24) is 4.98 Å². The minimum Gasteiger partial charge on any atom is -0.384 e. The van der Waals surface area contributed by atoms with Crippen LogP contribution in [-0.2, 0) is 0 Å². The summed E-state index contributed by atoms with van der Waals surface area (Å²) < 4.78 is 13.2. The molecule has 0 aliphatic carbocycles. The Morgan fingerprint density at radius 3 is 3.00 bits per heavy atom. The summed E-state index contributed by atoms with van der Waals surface area (Å²) >= 11 is 1.37. The van der Waals surface area contributed by atoms with Gasteiger partial charge in [0.1, 0.15) is 18.1 Å². The first-order valence-electron chi connectivity index (χ1n) is 5.73. The van der Waals surface area contributed by atoms with E-state index < -0.39 is 5.82 Å². The van der Waals surface area contributed by atoms with Crippen molar-refractivity contribution in [2.75, 3.05) is 11.9 Å². The van der Waals surface area contributed by atoms with Gasteiger partial charge >= 0.3 is 0 Å². The number of aliphatic hydroxyl groups is 1. The Hall–Kier alpha value is -2.23. The van der Waals surface area contributed by atoms with Gasteiger partial charge in [0.25, 0.3) is 5.91 Å². The van der Waals surface area contributed by atoms with Crippen LogP contribution in [-0.4, -0.2) is 22.6 Å². The van der Waals surface area contributed by atoms with Crippen LogP contribution in [0.15, 0.2) is 23.6 Å². The summed E-state index contributed by atoms with van der Waals surface area (Å²) in [7, 11) is 0. The molecular formula is C14H11FN2O2S. The molecule has 2 rings (SSSR count). The third-order valence-electron chi connectivity index (χ3n) is 2.38. The molecule has 0 bridgehead atoms. The second-order valence-electron chi connectivity index (χ2n) is 3.86. The van der Waals surface area contributed by atoms with Crippen molar-refractivity contribution in [3.63, 3.8) is 0 Å². The number of amides is 1. The van der Waals surface area contributed by atoms with Gasteiger partial charge in [0, 0.05) is 5.38 Å². The molecule has 0 atom stereocenters. The van der Waals surface area contributed by atoms with Gasteiger partial charge in [-0.15, -0.1) is 11.3 Å². The number of hydrogen-bond acceptors (Lipinski definition) is 4. The summed E-state index contributed by atoms with van der Waals surface area (Å²) in [6.45, 7) is 1.46. The predicted octanol–water partition coefficient (Wildman–Crippen LogP) is 2.19. The molecule has 0 aliphatic heterocycles. The molecule has 102 valence electrons. The van der Waals surface area contributed by atoms with Gasteiger partial charge < -0.3 is 10.4 Å². The SMILES string of the molecule is Cc1nc(C(=O)Nc2ccc(F)cc2C#CCO)cs1. The number of nitrogens with zero attached hydrogens (tertiary/aromatic N) is 1. The van der Waals surface area contributed by atoms with Crippen LogP contribution in [0.2, 0.25) is 0 Å². The van der Waals surface area contributed by atoms with Crippen molar-refractivity contribution in [2.45, 2.75) is 6.92 Å². The summed E-state index contributed by atoms with van der Waals surface area (Å²) in [6.07, 6.45) is 0. The van der Waals surface area contributed by atoms with Gasteiger partial charge in [-0.2, -0.15) is 0 Å². The van der Waals surface area contributed by atoms with Gasteiger partial charge in [-0.05, 0) is 25.1 Å². The second kappa shape index (κ2) is 6.28. The van der Waals surface area contributed by atoms with Gasteiger partial charge in [-0.1, -0.05) is 11.8 Å². The van der Waals surface area contributed by atoms with Crippen molar-refractivity contribution in [3.8, 4) is 11.8 Å². The summed E-state index contributed by atoms with van der Waals surface area (Å²) in [4.78, 5) is 16.1. The lowest BCUT2D eigenvalue weighted by atomic mass is 10.1. The molecule has 0 spiro atoms. The molecule has 1 aromatic carbocycles. The van der Waals surface area contributed by atoms with Crippen LogP contribution in [0.5, 0.6) is 0 Å². The van der Waals surface area contributed by atoms with E-state index in [1.807, 2.05) is 0 Å². The highest BCUT2D eigenvalue weighted by Gasteiger charge is 2.11. The first-order chi connectivity index (χ1) is 9.60. The Bertz CT molecular complexity index is 701. The molecule has 4 nitrogen and oxygen atoms in total. The van der Waals surface area contributed by atoms with Crippen molar-refractivity contribution in [2.24, 2.45) is 0 Å². The van der Waals surface area contributed by atoms with E-state index in [1.54, 1.807) is 12.3 Å². The third kappa shape index (κ3) is 3.41. The van der Waals surface area contributed by atoms with E-state index in [2.05, 4.69) is 22.1 Å². The molecular weight excluding hydrogens is 279 g/mol. The smallest absolute Gasteiger partial charge is 0.275 e. The molecule has 6 heteroatoms. The van der Waals surface area contributed by atoms with Gasteiger partial charge in [-0.25, -0.2) is 9.37 Å². The summed E-state index contributed by atoms with van der Waals surface area (Å²) in [5.74, 6) is 4.17. The Morgan fingerprint density at radius 2 is 2.35 bits per heavy atom. The number of carbonyl (C=O) groups excluding carboxylic acids is 1. The number of aromatic nitrogens is 1. The van der Waals surface area contributed by atoms with Gasteiger partial charge in [-0.3, -0.25) is 4.79 Å². The van der Waals surface area contributed by atoms with Crippen molar-refractivity contribution in [3.05, 3.63) is 45.7 Å². The topological polar surface area (TPSA) is 62.2 Å². The Labute approximate surface area is 119 Å². The maximum absolute atomic E-state index is 13.2. The highest BCUT2D eigenvalue weighted by Crippen LogP contribution is 2.18. The number of nitrogens with one attached hydrogen (secondary N) is 1. The molecule has 20 heavy (non-hydrogen) atoms. The van der Waals surface area contributed by atoms with Crippen LogP contribution in [0.4, 0.5) is 10.1 Å². The van der Waals surface area contributed by atoms with Crippen molar-refractivity contribution >= 4 is 22.9 Å². The van der Waals surface area contributed by atoms with Gasteiger partial charge in [0.15, 0.2) is 0 Å². The first-order valence-corrected chi connectivity index (χ1v) is 6.61. The maximum atomic E-state index is 13.2. The number of aliphatic hydroxyl groups excluding tert-OH is 1. The molecule has 0 unspecified atom stereocenters. The van der Waals surface area contributed by atoms with Crippen LogP contribution >= 0.6 is 11.3 Å². The van der Waals surface area contributed by atoms with Crippen molar-refractivity contribution in [1.29, 1.82) is 0 Å². The molecule has 2 N–H and O–H groups in total. The number of rotatable bonds is 2. The largest absolute Gasteiger partial charge is 0.384 e. The highest BCUT2D eigenvalue weighted by molar-refractivity contribution is 7.09. The van der Waals surface area contributed by atoms with Crippen LogP contribution in [0.1, 0.15) is 21.1 Å². The zero-order valence-electron chi connectivity index (χ0n) is 10.6. The molecule has 1 heterocycles. The van der Waals surface area contributed by atoms with E-state index in [4.69, 9.17) is 5.11 Å². The number of anilines is 1. The average molecular weight is 290 g/mol. The van der Waals surface area contributed by atoms with Crippen LogP contribution in [0.25, 0.3) is 0 Å². The lowest BCUT2D eigenvalue weighted by molar-refractivity contribution is 0.102. The van der Waals surface area contributed by atoms with E-state index in [9.17, 15) is 9.18 Å². The average Bonchev–Trinajstić information content (AvgIpc) is 2.85. The zero-order valence-corrected chi connectivity index (χ0v) is 11.4. The minimum atomic E-state index is -0.463. The van der Waals surface area contributed by atoms with E-state index in [0.29, 0.717) is 16.9 Å². The fourth-order valence-electron chi connectivity index (χ4n) is 1.52. The zero-order chi connectivity index (χ0) is 14.5. The molecule has 0 saturated heterocycles. The summed E-state index contributed by atoms with van der Waals surface area (Å²) in [5, 5.41) is 13.8. The maximum Gasteiger partial charge on any atom is 0.275 e. The van der Waals surface area contributed by atoms with Crippen LogP contribution in [0.3, 0.4) is 0 Å². The molecule has 1 aromatic heterocycles. The monoisotopic (exact) mass is 290 g/mol. The van der Waals surface area contributed by atoms with Crippen LogP contribution < -0.4 is 5.32 Å². The lowest BCUT2D eigenvalue weighted by Crippen LogP contribution is -2.13. The van der Waals surface area contributed by atoms with Crippen molar-refractivity contribution < 1.29 is 14.3 Å². The third-order valence-corrected chi connectivity index (χ3v) is 3.16. The number of halogens is 1. The molecule has 0 radical (unpaired) electrons. The molecule has 1 amide bonds. The fourth-order valence-corrected chi connectivity index (χ4v) is 2.11. The standard InChI is InChI=1S/C14H11FN2O2S/c1-9-16-13(8-20-9)14(19)17-12-5-4-11(15)7-10(12)3-2-6-18/h4-5,7-8,18H,6H2,1H3,(H,17,19). The van der Waals surface area contributed by atoms with Gasteiger partial charge in [0.05, 0.1) is 16.3 Å². The van der Waals surface area contributed by atoms with Gasteiger partial charge in [0.2, 0.25) is 0 Å². The normalized spacial score (nSPS) is 9.75. The predicted molar refractivity (Wildman–Crippen MR) is 75.2 cm³/mol. The summed E-state index contributed by atoms with van der Waals surface area (Å²) in [6, 6.07) is 3.85. The number of benzene rings is 1. The van der Waals surface area contributed by atoms with E-state index in [0.717, 1.165) is 5.01 Å². The highest BCUT2D eigenvalue weighted by atomic mass is 32.1. The Morgan fingerprint density at radius 1 is 1.55 bits per heavy atom. The molecule has 0 fully saturated rings. The number of thiazole rings is 1. The Kier molecular flexibility index (Phi) is 4.45. The van der Waals surface area contributed by atoms with E-state index >= 15 is 0 Å². The Balaban J connectivity index is 2.26. The van der Waals surface area contributed by atoms with Crippen LogP contribution in [0, 0.1) is 24.6 Å². The van der Waals surface area contributed by atoms with E-state index in [-0.39, 0.29) is 12.5 Å². The molecule has 0 saturated carbocycles. The molecule has 0 aliphatic rings. The summed E-state index contributed by atoms with van der Waals surface area (Å²) in [5.41, 5.74) is 0.986. The molecule has 2 aromatic rings. The van der Waals surface area contributed by atoms with E-state index in [1.165, 1.54) is 29.5 Å².